The minimum absolute atomic E-state index is 0.340. The lowest BCUT2D eigenvalue weighted by atomic mass is 9.89. The van der Waals surface area contributed by atoms with Crippen molar-refractivity contribution in [3.05, 3.63) is 11.6 Å². The molecule has 1 N–H and O–H groups in total. The molecule has 11 heavy (non-hydrogen) atoms. The predicted molar refractivity (Wildman–Crippen MR) is 42.3 cm³/mol. The Bertz CT molecular complexity index is 174. The Hall–Kier alpha value is -0.340. The van der Waals surface area contributed by atoms with Gasteiger partial charge in [-0.25, -0.2) is 0 Å². The summed E-state index contributed by atoms with van der Waals surface area (Å²) in [5, 5.41) is 9.25. The molecular formula is C9H14O2. The van der Waals surface area contributed by atoms with E-state index in [-0.39, 0.29) is 6.10 Å². The van der Waals surface area contributed by atoms with E-state index >= 15 is 0 Å². The van der Waals surface area contributed by atoms with Gasteiger partial charge in [-0.15, -0.1) is 0 Å². The average molecular weight is 154 g/mol. The third-order valence-corrected chi connectivity index (χ3v) is 2.47. The Morgan fingerprint density at radius 3 is 3.27 bits per heavy atom. The molecule has 2 nitrogen and oxygen atoms in total. The maximum atomic E-state index is 9.25. The molecule has 0 bridgehead atoms. The average Bonchev–Trinajstić information content (AvgIpc) is 2.04. The lowest BCUT2D eigenvalue weighted by Gasteiger charge is -2.30. The van der Waals surface area contributed by atoms with Crippen molar-refractivity contribution >= 4 is 0 Å². The minimum atomic E-state index is -0.348. The van der Waals surface area contributed by atoms with Crippen LogP contribution in [-0.2, 0) is 4.74 Å². The number of hydrogen-bond donors (Lipinski definition) is 1. The Balaban J connectivity index is 2.10. The van der Waals surface area contributed by atoms with E-state index in [0.29, 0.717) is 12.7 Å². The molecule has 62 valence electrons. The molecule has 0 spiro atoms. The molecule has 1 aliphatic heterocycles. The molecule has 0 amide bonds. The molecule has 2 heteroatoms. The molecule has 0 aromatic rings. The predicted octanol–water partition coefficient (Wildman–Crippen LogP) is 1.25. The fourth-order valence-corrected chi connectivity index (χ4v) is 1.90. The number of fused-ring (bicyclic) bond motifs is 1. The highest BCUT2D eigenvalue weighted by atomic mass is 16.5. The molecule has 1 heterocycles. The summed E-state index contributed by atoms with van der Waals surface area (Å²) in [5.74, 6) is 0. The molecule has 1 fully saturated rings. The van der Waals surface area contributed by atoms with Crippen LogP contribution in [0.2, 0.25) is 0 Å². The molecular weight excluding hydrogens is 140 g/mol. The van der Waals surface area contributed by atoms with Crippen molar-refractivity contribution in [3.8, 4) is 0 Å². The molecule has 0 radical (unpaired) electrons. The van der Waals surface area contributed by atoms with Crippen LogP contribution in [0.3, 0.4) is 0 Å². The fraction of sp³-hybridized carbons (Fsp3) is 0.778. The van der Waals surface area contributed by atoms with E-state index in [4.69, 9.17) is 4.74 Å². The van der Waals surface area contributed by atoms with Crippen LogP contribution < -0.4 is 0 Å². The summed E-state index contributed by atoms with van der Waals surface area (Å²) in [6.45, 7) is 0.494. The number of rotatable bonds is 0. The van der Waals surface area contributed by atoms with Crippen molar-refractivity contribution in [2.75, 3.05) is 6.61 Å². The second-order valence-electron chi connectivity index (χ2n) is 3.38. The van der Waals surface area contributed by atoms with Gasteiger partial charge >= 0.3 is 0 Å². The Morgan fingerprint density at radius 2 is 2.36 bits per heavy atom. The number of aliphatic hydroxyl groups is 1. The normalized spacial score (nSPS) is 37.7. The smallest absolute Gasteiger partial charge is 0.0958 e. The molecule has 2 aliphatic rings. The van der Waals surface area contributed by atoms with E-state index in [0.717, 1.165) is 12.8 Å². The molecule has 0 saturated heterocycles. The van der Waals surface area contributed by atoms with Crippen molar-refractivity contribution in [2.45, 2.75) is 37.9 Å². The van der Waals surface area contributed by atoms with Gasteiger partial charge in [-0.1, -0.05) is 12.5 Å². The molecule has 0 unspecified atom stereocenters. The zero-order valence-electron chi connectivity index (χ0n) is 6.62. The Morgan fingerprint density at radius 1 is 1.45 bits per heavy atom. The number of ether oxygens (including phenoxy) is 1. The van der Waals surface area contributed by atoms with Gasteiger partial charge in [0.25, 0.3) is 0 Å². The zero-order valence-corrected chi connectivity index (χ0v) is 6.62. The topological polar surface area (TPSA) is 29.5 Å². The van der Waals surface area contributed by atoms with Crippen molar-refractivity contribution < 1.29 is 9.84 Å². The van der Waals surface area contributed by atoms with Crippen LogP contribution in [0.4, 0.5) is 0 Å². The van der Waals surface area contributed by atoms with Gasteiger partial charge in [-0.05, 0) is 24.8 Å². The maximum Gasteiger partial charge on any atom is 0.0958 e. The van der Waals surface area contributed by atoms with Gasteiger partial charge in [0.2, 0.25) is 0 Å². The second-order valence-corrected chi connectivity index (χ2v) is 3.38. The summed E-state index contributed by atoms with van der Waals surface area (Å²) >= 11 is 0. The summed E-state index contributed by atoms with van der Waals surface area (Å²) in [5.41, 5.74) is 1.33. The first-order valence-electron chi connectivity index (χ1n) is 4.36. The van der Waals surface area contributed by atoms with E-state index in [9.17, 15) is 5.11 Å². The number of hydrogen-bond acceptors (Lipinski definition) is 2. The summed E-state index contributed by atoms with van der Waals surface area (Å²) in [7, 11) is 0. The van der Waals surface area contributed by atoms with E-state index in [1.807, 2.05) is 6.08 Å². The van der Waals surface area contributed by atoms with Gasteiger partial charge in [0.1, 0.15) is 0 Å². The van der Waals surface area contributed by atoms with Crippen molar-refractivity contribution in [1.29, 1.82) is 0 Å². The van der Waals surface area contributed by atoms with E-state index in [1.165, 1.54) is 18.4 Å². The van der Waals surface area contributed by atoms with Crippen LogP contribution >= 0.6 is 0 Å². The third-order valence-electron chi connectivity index (χ3n) is 2.47. The van der Waals surface area contributed by atoms with Crippen molar-refractivity contribution in [2.24, 2.45) is 0 Å². The minimum Gasteiger partial charge on any atom is -0.387 e. The Labute approximate surface area is 66.9 Å². The third kappa shape index (κ3) is 1.47. The van der Waals surface area contributed by atoms with Gasteiger partial charge in [0, 0.05) is 0 Å². The maximum absolute atomic E-state index is 9.25. The second kappa shape index (κ2) is 2.95. The van der Waals surface area contributed by atoms with Crippen LogP contribution in [0.1, 0.15) is 25.7 Å². The van der Waals surface area contributed by atoms with Crippen LogP contribution in [0.25, 0.3) is 0 Å². The highest BCUT2D eigenvalue weighted by Gasteiger charge is 2.24. The first kappa shape index (κ1) is 7.32. The summed E-state index contributed by atoms with van der Waals surface area (Å²) < 4.78 is 5.48. The van der Waals surface area contributed by atoms with Gasteiger partial charge in [-0.3, -0.25) is 0 Å². The van der Waals surface area contributed by atoms with Gasteiger partial charge in [0.05, 0.1) is 18.8 Å². The van der Waals surface area contributed by atoms with E-state index < -0.39 is 0 Å². The van der Waals surface area contributed by atoms with Gasteiger partial charge in [0.15, 0.2) is 0 Å². The lowest BCUT2D eigenvalue weighted by molar-refractivity contribution is -0.00280. The van der Waals surface area contributed by atoms with Crippen LogP contribution in [0, 0.1) is 0 Å². The van der Waals surface area contributed by atoms with Gasteiger partial charge in [-0.2, -0.15) is 0 Å². The molecule has 1 saturated carbocycles. The van der Waals surface area contributed by atoms with E-state index in [1.54, 1.807) is 0 Å². The summed E-state index contributed by atoms with van der Waals surface area (Å²) in [6, 6.07) is 0. The summed E-state index contributed by atoms with van der Waals surface area (Å²) in [4.78, 5) is 0. The quantitative estimate of drug-likeness (QED) is 0.532. The first-order chi connectivity index (χ1) is 5.36. The fourth-order valence-electron chi connectivity index (χ4n) is 1.90. The largest absolute Gasteiger partial charge is 0.387 e. The molecule has 0 aromatic heterocycles. The van der Waals surface area contributed by atoms with Crippen molar-refractivity contribution in [3.63, 3.8) is 0 Å². The van der Waals surface area contributed by atoms with Gasteiger partial charge < -0.3 is 9.84 Å². The Kier molecular flexibility index (Phi) is 1.96. The molecule has 2 rings (SSSR count). The van der Waals surface area contributed by atoms with Crippen LogP contribution in [-0.4, -0.2) is 23.9 Å². The SMILES string of the molecule is O[C@@H]1C=C2CCCC[C@H]2OC1. The monoisotopic (exact) mass is 154 g/mol. The number of aliphatic hydroxyl groups excluding tert-OH is 1. The van der Waals surface area contributed by atoms with Crippen molar-refractivity contribution in [1.82, 2.24) is 0 Å². The first-order valence-corrected chi connectivity index (χ1v) is 4.36. The molecule has 1 aliphatic carbocycles. The van der Waals surface area contributed by atoms with Crippen LogP contribution in [0.15, 0.2) is 11.6 Å². The zero-order chi connectivity index (χ0) is 7.68. The van der Waals surface area contributed by atoms with E-state index in [2.05, 4.69) is 0 Å². The lowest BCUT2D eigenvalue weighted by Crippen LogP contribution is -2.30. The summed E-state index contributed by atoms with van der Waals surface area (Å²) in [6.07, 6.45) is 6.79. The molecule has 2 atom stereocenters. The molecule has 0 aromatic carbocycles. The highest BCUT2D eigenvalue weighted by molar-refractivity contribution is 5.15. The standard InChI is InChI=1S/C9H14O2/c10-8-5-7-3-1-2-4-9(7)11-6-8/h5,8-10H,1-4,6H2/t8-,9-/m1/s1. The van der Waals surface area contributed by atoms with Crippen LogP contribution in [0.5, 0.6) is 0 Å². The highest BCUT2D eigenvalue weighted by Crippen LogP contribution is 2.29.